The molecule has 0 bridgehead atoms. The first-order chi connectivity index (χ1) is 8.42. The lowest BCUT2D eigenvalue weighted by Gasteiger charge is -2.32. The smallest absolute Gasteiger partial charge is 0.186 e. The Balaban J connectivity index is 5.30. The molecular weight excluding hydrogens is 238 g/mol. The van der Waals surface area contributed by atoms with Crippen LogP contribution in [0, 0.1) is 0 Å². The fraction of sp³-hybridized carbons (Fsp3) is 0.929. The van der Waals surface area contributed by atoms with Crippen LogP contribution in [0.15, 0.2) is 4.66 Å². The number of nitrogens with zero attached hydrogens (tertiary/aromatic N) is 3. The third-order valence-corrected chi connectivity index (χ3v) is 8.25. The highest BCUT2D eigenvalue weighted by molar-refractivity contribution is 6.79. The lowest BCUT2D eigenvalue weighted by molar-refractivity contribution is 0.485. The molecule has 0 saturated heterocycles. The Labute approximate surface area is 115 Å². The molecule has 18 heavy (non-hydrogen) atoms. The number of guanidine groups is 1. The van der Waals surface area contributed by atoms with Crippen molar-refractivity contribution < 1.29 is 0 Å². The molecule has 0 heterocycles. The van der Waals surface area contributed by atoms with E-state index < -0.39 is 8.24 Å². The number of hydrogen-bond acceptors (Lipinski definition) is 1. The van der Waals surface area contributed by atoms with Gasteiger partial charge in [-0.05, 0) is 18.1 Å². The van der Waals surface area contributed by atoms with Gasteiger partial charge in [-0.15, -0.1) is 0 Å². The van der Waals surface area contributed by atoms with Crippen LogP contribution in [0.3, 0.4) is 0 Å². The third-order valence-electron chi connectivity index (χ3n) is 3.28. The average Bonchev–Trinajstić information content (AvgIpc) is 2.26. The summed E-state index contributed by atoms with van der Waals surface area (Å²) in [5.41, 5.74) is 0. The van der Waals surface area contributed by atoms with Gasteiger partial charge in [0.15, 0.2) is 14.2 Å². The average molecular weight is 272 g/mol. The molecule has 0 amide bonds. The maximum Gasteiger partial charge on any atom is 0.186 e. The van der Waals surface area contributed by atoms with Crippen LogP contribution in [-0.4, -0.2) is 52.2 Å². The van der Waals surface area contributed by atoms with E-state index in [1.54, 1.807) is 0 Å². The van der Waals surface area contributed by atoms with Gasteiger partial charge < -0.3 is 9.80 Å². The molecule has 0 atom stereocenters. The Hall–Kier alpha value is -0.513. The summed E-state index contributed by atoms with van der Waals surface area (Å²) >= 11 is 0. The van der Waals surface area contributed by atoms with Crippen LogP contribution in [0.2, 0.25) is 18.1 Å². The maximum absolute atomic E-state index is 5.28. The second-order valence-corrected chi connectivity index (χ2v) is 9.85. The Morgan fingerprint density at radius 3 is 1.33 bits per heavy atom. The predicted octanol–water partition coefficient (Wildman–Crippen LogP) is 3.64. The Morgan fingerprint density at radius 1 is 0.778 bits per heavy atom. The molecular formula is C14H33N3Si. The van der Waals surface area contributed by atoms with Gasteiger partial charge in [-0.1, -0.05) is 40.0 Å². The van der Waals surface area contributed by atoms with Crippen molar-refractivity contribution in [1.82, 2.24) is 9.80 Å². The molecule has 0 aromatic carbocycles. The van der Waals surface area contributed by atoms with E-state index >= 15 is 0 Å². The van der Waals surface area contributed by atoms with E-state index in [9.17, 15) is 0 Å². The zero-order valence-corrected chi connectivity index (χ0v) is 14.6. The van der Waals surface area contributed by atoms with Gasteiger partial charge in [0.05, 0.1) is 0 Å². The van der Waals surface area contributed by atoms with Crippen LogP contribution in [-0.2, 0) is 0 Å². The summed E-state index contributed by atoms with van der Waals surface area (Å²) in [5.74, 6) is 1.15. The normalized spacial score (nSPS) is 11.3. The molecule has 0 aliphatic heterocycles. The van der Waals surface area contributed by atoms with Crippen LogP contribution < -0.4 is 0 Å². The van der Waals surface area contributed by atoms with Crippen molar-refractivity contribution in [3.63, 3.8) is 0 Å². The first-order valence-corrected chi connectivity index (χ1v) is 9.93. The van der Waals surface area contributed by atoms with Gasteiger partial charge in [-0.25, -0.2) is 0 Å². The molecule has 0 saturated carbocycles. The minimum Gasteiger partial charge on any atom is -0.350 e. The summed E-state index contributed by atoms with van der Waals surface area (Å²) < 4.78 is 5.28. The summed E-state index contributed by atoms with van der Waals surface area (Å²) in [6.07, 6.45) is 3.80. The molecule has 0 rings (SSSR count). The zero-order chi connectivity index (χ0) is 14.2. The molecule has 3 nitrogen and oxygen atoms in total. The van der Waals surface area contributed by atoms with Crippen LogP contribution >= 0.6 is 0 Å². The van der Waals surface area contributed by atoms with E-state index in [2.05, 4.69) is 58.8 Å². The molecule has 0 spiro atoms. The van der Waals surface area contributed by atoms with Crippen LogP contribution in [0.25, 0.3) is 0 Å². The topological polar surface area (TPSA) is 18.8 Å². The van der Waals surface area contributed by atoms with Crippen molar-refractivity contribution in [1.29, 1.82) is 0 Å². The molecule has 0 fully saturated rings. The maximum atomic E-state index is 5.28. The van der Waals surface area contributed by atoms with E-state index in [1.807, 2.05) is 0 Å². The molecule has 0 aliphatic rings. The molecule has 108 valence electrons. The predicted molar refractivity (Wildman–Crippen MR) is 85.9 cm³/mol. The van der Waals surface area contributed by atoms with Gasteiger partial charge in [0, 0.05) is 28.2 Å². The largest absolute Gasteiger partial charge is 0.350 e. The van der Waals surface area contributed by atoms with Crippen molar-refractivity contribution in [2.75, 3.05) is 28.2 Å². The van der Waals surface area contributed by atoms with Crippen molar-refractivity contribution >= 4 is 14.2 Å². The van der Waals surface area contributed by atoms with Gasteiger partial charge >= 0.3 is 0 Å². The van der Waals surface area contributed by atoms with E-state index in [1.165, 1.54) is 37.4 Å². The van der Waals surface area contributed by atoms with Crippen LogP contribution in [0.5, 0.6) is 0 Å². The van der Waals surface area contributed by atoms with Gasteiger partial charge in [0.2, 0.25) is 0 Å². The Morgan fingerprint density at radius 2 is 1.11 bits per heavy atom. The quantitative estimate of drug-likeness (QED) is 0.400. The van der Waals surface area contributed by atoms with E-state index in [0.717, 1.165) is 5.96 Å². The second kappa shape index (κ2) is 8.56. The van der Waals surface area contributed by atoms with Gasteiger partial charge in [0.1, 0.15) is 0 Å². The molecule has 0 aliphatic carbocycles. The molecule has 0 N–H and O–H groups in total. The zero-order valence-electron chi connectivity index (χ0n) is 13.6. The van der Waals surface area contributed by atoms with E-state index in [4.69, 9.17) is 4.66 Å². The molecule has 0 aromatic heterocycles. The Kier molecular flexibility index (Phi) is 8.32. The van der Waals surface area contributed by atoms with Gasteiger partial charge in [-0.3, -0.25) is 4.66 Å². The standard InChI is InChI=1S/C14H33N3Si/c1-8-11-18(12-9-2,13-10-3)15-14(16(4)5)17(6)7/h8-13H2,1-7H3. The molecule has 0 unspecified atom stereocenters. The first kappa shape index (κ1) is 17.5. The highest BCUT2D eigenvalue weighted by Crippen LogP contribution is 2.28. The van der Waals surface area contributed by atoms with E-state index in [0.29, 0.717) is 0 Å². The first-order valence-electron chi connectivity index (χ1n) is 7.37. The summed E-state index contributed by atoms with van der Waals surface area (Å²) in [5, 5.41) is 0. The fourth-order valence-electron chi connectivity index (χ4n) is 2.75. The van der Waals surface area contributed by atoms with Crippen molar-refractivity contribution in [3.8, 4) is 0 Å². The third kappa shape index (κ3) is 5.42. The molecule has 4 heteroatoms. The summed E-state index contributed by atoms with van der Waals surface area (Å²) in [6.45, 7) is 6.90. The summed E-state index contributed by atoms with van der Waals surface area (Å²) in [4.78, 5) is 4.31. The van der Waals surface area contributed by atoms with Crippen molar-refractivity contribution in [3.05, 3.63) is 0 Å². The minimum atomic E-state index is -1.48. The fourth-order valence-corrected chi connectivity index (χ4v) is 7.45. The van der Waals surface area contributed by atoms with Gasteiger partial charge in [0.25, 0.3) is 0 Å². The highest BCUT2D eigenvalue weighted by Gasteiger charge is 2.31. The Bertz CT molecular complexity index is 222. The second-order valence-electron chi connectivity index (χ2n) is 5.67. The summed E-state index contributed by atoms with van der Waals surface area (Å²) in [7, 11) is 6.92. The number of hydrogen-bond donors (Lipinski definition) is 0. The SMILES string of the molecule is CCC[Si](CCC)(CCC)N=C(N(C)C)N(C)C. The van der Waals surface area contributed by atoms with Gasteiger partial charge in [-0.2, -0.15) is 0 Å². The van der Waals surface area contributed by atoms with Crippen LogP contribution in [0.4, 0.5) is 0 Å². The highest BCUT2D eigenvalue weighted by atomic mass is 28.3. The van der Waals surface area contributed by atoms with Crippen molar-refractivity contribution in [2.24, 2.45) is 4.66 Å². The molecule has 0 aromatic rings. The molecule has 0 radical (unpaired) electrons. The number of rotatable bonds is 7. The monoisotopic (exact) mass is 271 g/mol. The van der Waals surface area contributed by atoms with E-state index in [-0.39, 0.29) is 0 Å². The van der Waals surface area contributed by atoms with Crippen molar-refractivity contribution in [2.45, 2.75) is 58.2 Å². The minimum absolute atomic E-state index is 1.15. The summed E-state index contributed by atoms with van der Waals surface area (Å²) in [6, 6.07) is 4.00. The lowest BCUT2D eigenvalue weighted by atomic mass is 10.6. The van der Waals surface area contributed by atoms with Crippen LogP contribution in [0.1, 0.15) is 40.0 Å². The lowest BCUT2D eigenvalue weighted by Crippen LogP contribution is -2.42.